The smallest absolute Gasteiger partial charge is 0.407 e. The fraction of sp³-hybridized carbons (Fsp3) is 0.618. The number of amides is 3. The van der Waals surface area contributed by atoms with Crippen LogP contribution in [-0.2, 0) is 46.2 Å². The quantitative estimate of drug-likeness (QED) is 0.253. The van der Waals surface area contributed by atoms with E-state index in [0.717, 1.165) is 29.5 Å². The molecule has 1 heterocycles. The van der Waals surface area contributed by atoms with Crippen LogP contribution in [0.15, 0.2) is 24.8 Å². The number of nitrogens with one attached hydrogen (secondary N) is 2. The molecule has 1 aromatic rings. The summed E-state index contributed by atoms with van der Waals surface area (Å²) in [6.45, 7) is 14.6. The molecule has 0 saturated carbocycles. The third-order valence-corrected chi connectivity index (χ3v) is 8.04. The summed E-state index contributed by atoms with van der Waals surface area (Å²) in [5.74, 6) is -2.21. The van der Waals surface area contributed by atoms with Crippen molar-refractivity contribution in [1.29, 1.82) is 0 Å². The number of methoxy groups -OCH3 is 1. The number of alkyl carbamates (subject to hydrolysis) is 2. The van der Waals surface area contributed by atoms with E-state index in [1.54, 1.807) is 26.8 Å². The van der Waals surface area contributed by atoms with Crippen molar-refractivity contribution in [3.05, 3.63) is 41.5 Å². The van der Waals surface area contributed by atoms with E-state index in [2.05, 4.69) is 17.2 Å². The second-order valence-electron chi connectivity index (χ2n) is 13.7. The first-order valence-corrected chi connectivity index (χ1v) is 15.8. The van der Waals surface area contributed by atoms with Crippen molar-refractivity contribution in [3.8, 4) is 0 Å². The predicted molar refractivity (Wildman–Crippen MR) is 171 cm³/mol. The minimum absolute atomic E-state index is 0.0175. The van der Waals surface area contributed by atoms with E-state index >= 15 is 0 Å². The molecule has 0 aromatic heterocycles. The molecule has 2 aliphatic rings. The molecule has 3 amide bonds. The minimum atomic E-state index is -1.32. The van der Waals surface area contributed by atoms with Crippen LogP contribution in [0.3, 0.4) is 0 Å². The van der Waals surface area contributed by atoms with E-state index < -0.39 is 59.7 Å². The number of carbonyl (C=O) groups is 5. The SMILES string of the molecule is C=Cc1cccc2c1CC(C(=O)O[C@@H]1C[C@@H](C(=O)OC)N(C(=O)[C@H](CNC(=O)OC(C)(C)C)NC(=O)OCC(C)(C)CCC)C1)C2. The highest BCUT2D eigenvalue weighted by molar-refractivity contribution is 5.91. The normalized spacial score (nSPS) is 19.8. The zero-order valence-corrected chi connectivity index (χ0v) is 28.1. The summed E-state index contributed by atoms with van der Waals surface area (Å²) in [5, 5.41) is 5.05. The predicted octanol–water partition coefficient (Wildman–Crippen LogP) is 4.18. The first kappa shape index (κ1) is 36.4. The molecule has 254 valence electrons. The van der Waals surface area contributed by atoms with E-state index in [1.165, 1.54) is 12.0 Å². The van der Waals surface area contributed by atoms with Crippen LogP contribution in [0.1, 0.15) is 77.5 Å². The number of carbonyl (C=O) groups excluding carboxylic acids is 5. The molecular formula is C34H49N3O9. The Morgan fingerprint density at radius 2 is 1.78 bits per heavy atom. The van der Waals surface area contributed by atoms with Gasteiger partial charge in [-0.1, -0.05) is 58.0 Å². The molecular weight excluding hydrogens is 594 g/mol. The number of rotatable bonds is 12. The van der Waals surface area contributed by atoms with Crippen LogP contribution in [0.25, 0.3) is 6.08 Å². The average molecular weight is 644 g/mol. The fourth-order valence-electron chi connectivity index (χ4n) is 5.88. The highest BCUT2D eigenvalue weighted by Crippen LogP contribution is 2.32. The van der Waals surface area contributed by atoms with Crippen LogP contribution in [0.2, 0.25) is 0 Å². The molecule has 46 heavy (non-hydrogen) atoms. The van der Waals surface area contributed by atoms with E-state index in [-0.39, 0.29) is 31.5 Å². The number of fused-ring (bicyclic) bond motifs is 1. The van der Waals surface area contributed by atoms with E-state index in [4.69, 9.17) is 18.9 Å². The Kier molecular flexibility index (Phi) is 12.2. The number of hydrogen-bond donors (Lipinski definition) is 2. The molecule has 1 saturated heterocycles. The van der Waals surface area contributed by atoms with Crippen molar-refractivity contribution in [1.82, 2.24) is 15.5 Å². The van der Waals surface area contributed by atoms with Gasteiger partial charge in [0.05, 0.1) is 32.7 Å². The lowest BCUT2D eigenvalue weighted by Crippen LogP contribution is -2.56. The van der Waals surface area contributed by atoms with Gasteiger partial charge in [0.1, 0.15) is 23.8 Å². The monoisotopic (exact) mass is 643 g/mol. The second-order valence-corrected chi connectivity index (χ2v) is 13.7. The molecule has 0 spiro atoms. The van der Waals surface area contributed by atoms with Crippen LogP contribution >= 0.6 is 0 Å². The molecule has 4 atom stereocenters. The van der Waals surface area contributed by atoms with Crippen molar-refractivity contribution in [3.63, 3.8) is 0 Å². The molecule has 12 heteroatoms. The standard InChI is InChI=1S/C34H49N3O9/c1-9-14-34(6,7)20-44-32(42)36-26(18-35-31(41)46-33(3,4)5)28(38)37-19-24(17-27(37)30(40)43-8)45-29(39)23-15-22-13-11-12-21(10-2)25(22)16-23/h10-13,23-24,26-27H,2,9,14-20H2,1,3-8H3,(H,35,41)(H,36,42)/t23?,24-,26+,27+/m1/s1. The van der Waals surface area contributed by atoms with Gasteiger partial charge in [-0.05, 0) is 62.1 Å². The lowest BCUT2D eigenvalue weighted by molar-refractivity contribution is -0.153. The van der Waals surface area contributed by atoms with Crippen LogP contribution in [0, 0.1) is 11.3 Å². The fourth-order valence-corrected chi connectivity index (χ4v) is 5.88. The van der Waals surface area contributed by atoms with Crippen LogP contribution in [-0.4, -0.2) is 85.5 Å². The molecule has 0 radical (unpaired) electrons. The molecule has 12 nitrogen and oxygen atoms in total. The van der Waals surface area contributed by atoms with Gasteiger partial charge in [-0.15, -0.1) is 0 Å². The Labute approximate surface area is 271 Å². The number of hydrogen-bond acceptors (Lipinski definition) is 9. The summed E-state index contributed by atoms with van der Waals surface area (Å²) in [7, 11) is 1.20. The summed E-state index contributed by atoms with van der Waals surface area (Å²) in [6.07, 6.45) is 2.09. The Bertz CT molecular complexity index is 1300. The maximum atomic E-state index is 13.9. The van der Waals surface area contributed by atoms with Crippen molar-refractivity contribution in [2.45, 2.75) is 97.4 Å². The van der Waals surface area contributed by atoms with Crippen LogP contribution < -0.4 is 10.6 Å². The number of likely N-dealkylation sites (tertiary alicyclic amines) is 1. The lowest BCUT2D eigenvalue weighted by atomic mass is 9.89. The second kappa shape index (κ2) is 15.5. The van der Waals surface area contributed by atoms with Crippen LogP contribution in [0.4, 0.5) is 9.59 Å². The number of nitrogens with zero attached hydrogens (tertiary/aromatic N) is 1. The van der Waals surface area contributed by atoms with Crippen molar-refractivity contribution in [2.24, 2.45) is 11.3 Å². The molecule has 1 aliphatic heterocycles. The van der Waals surface area contributed by atoms with Crippen LogP contribution in [0.5, 0.6) is 0 Å². The molecule has 1 fully saturated rings. The summed E-state index contributed by atoms with van der Waals surface area (Å²) in [4.78, 5) is 66.5. The summed E-state index contributed by atoms with van der Waals surface area (Å²) in [5.41, 5.74) is 2.02. The van der Waals surface area contributed by atoms with Gasteiger partial charge in [-0.25, -0.2) is 14.4 Å². The Morgan fingerprint density at radius 1 is 1.07 bits per heavy atom. The van der Waals surface area contributed by atoms with E-state index in [9.17, 15) is 24.0 Å². The summed E-state index contributed by atoms with van der Waals surface area (Å²) in [6, 6.07) is 3.46. The van der Waals surface area contributed by atoms with Gasteiger partial charge >= 0.3 is 24.1 Å². The zero-order chi connectivity index (χ0) is 34.2. The molecule has 1 aromatic carbocycles. The van der Waals surface area contributed by atoms with Gasteiger partial charge in [0.2, 0.25) is 5.91 Å². The first-order valence-electron chi connectivity index (χ1n) is 15.8. The van der Waals surface area contributed by atoms with Crippen molar-refractivity contribution < 1.29 is 42.9 Å². The van der Waals surface area contributed by atoms with Gasteiger partial charge in [-0.2, -0.15) is 0 Å². The molecule has 3 rings (SSSR count). The van der Waals surface area contributed by atoms with Crippen molar-refractivity contribution in [2.75, 3.05) is 26.8 Å². The van der Waals surface area contributed by atoms with E-state index in [1.807, 2.05) is 39.0 Å². The van der Waals surface area contributed by atoms with Gasteiger partial charge in [-0.3, -0.25) is 9.59 Å². The number of ether oxygens (including phenoxy) is 4. The molecule has 1 aliphatic carbocycles. The molecule has 0 bridgehead atoms. The van der Waals surface area contributed by atoms with Gasteiger partial charge in [0.25, 0.3) is 0 Å². The lowest BCUT2D eigenvalue weighted by Gasteiger charge is -2.29. The van der Waals surface area contributed by atoms with Crippen molar-refractivity contribution >= 4 is 36.1 Å². The maximum absolute atomic E-state index is 13.9. The minimum Gasteiger partial charge on any atom is -0.467 e. The van der Waals surface area contributed by atoms with Gasteiger partial charge in [0.15, 0.2) is 0 Å². The highest BCUT2D eigenvalue weighted by Gasteiger charge is 2.45. The first-order chi connectivity index (χ1) is 21.6. The molecule has 2 N–H and O–H groups in total. The van der Waals surface area contributed by atoms with Gasteiger partial charge in [0, 0.05) is 6.42 Å². The highest BCUT2D eigenvalue weighted by atomic mass is 16.6. The van der Waals surface area contributed by atoms with Gasteiger partial charge < -0.3 is 34.5 Å². The number of esters is 2. The largest absolute Gasteiger partial charge is 0.467 e. The average Bonchev–Trinajstić information content (AvgIpc) is 3.61. The molecule has 1 unspecified atom stereocenters. The third kappa shape index (κ3) is 9.95. The summed E-state index contributed by atoms with van der Waals surface area (Å²) < 4.78 is 21.5. The summed E-state index contributed by atoms with van der Waals surface area (Å²) >= 11 is 0. The third-order valence-electron chi connectivity index (χ3n) is 8.04. The Morgan fingerprint density at radius 3 is 2.41 bits per heavy atom. The maximum Gasteiger partial charge on any atom is 0.407 e. The Balaban J connectivity index is 1.74. The Hall–Kier alpha value is -4.09. The van der Waals surface area contributed by atoms with E-state index in [0.29, 0.717) is 12.8 Å². The number of benzene rings is 1. The zero-order valence-electron chi connectivity index (χ0n) is 28.1. The topological polar surface area (TPSA) is 150 Å².